The van der Waals surface area contributed by atoms with Crippen LogP contribution in [0, 0.1) is 0 Å². The number of nitrogens with one attached hydrogen (secondary N) is 1. The zero-order valence-electron chi connectivity index (χ0n) is 20.3. The van der Waals surface area contributed by atoms with Crippen LogP contribution in [-0.4, -0.2) is 67.8 Å². The summed E-state index contributed by atoms with van der Waals surface area (Å²) in [7, 11) is 0. The summed E-state index contributed by atoms with van der Waals surface area (Å²) in [6, 6.07) is 3.86. The van der Waals surface area contributed by atoms with Crippen molar-refractivity contribution < 1.29 is 13.6 Å². The zero-order chi connectivity index (χ0) is 24.7. The van der Waals surface area contributed by atoms with Crippen molar-refractivity contribution in [3.05, 3.63) is 29.8 Å². The van der Waals surface area contributed by atoms with E-state index in [4.69, 9.17) is 5.10 Å². The largest absolute Gasteiger partial charge is 0.353 e. The molecule has 0 saturated carbocycles. The molecule has 9 nitrogen and oxygen atoms in total. The maximum atomic E-state index is 14.2. The van der Waals surface area contributed by atoms with Crippen LogP contribution in [0.25, 0.3) is 16.7 Å². The normalized spacial score (nSPS) is 19.1. The molecule has 1 unspecified atom stereocenters. The number of halogens is 2. The molecular formula is C24H30F2N8O. The number of nitrogens with zero attached hydrogens (tertiary/aromatic N) is 7. The van der Waals surface area contributed by atoms with E-state index in [9.17, 15) is 13.6 Å². The Bertz CT molecular complexity index is 1250. The zero-order valence-corrected chi connectivity index (χ0v) is 20.3. The highest BCUT2D eigenvalue weighted by atomic mass is 19.3. The quantitative estimate of drug-likeness (QED) is 0.572. The number of hydrogen-bond acceptors (Lipinski definition) is 7. The van der Waals surface area contributed by atoms with E-state index in [1.54, 1.807) is 23.0 Å². The topological polar surface area (TPSA) is 92.1 Å². The van der Waals surface area contributed by atoms with E-state index in [0.717, 1.165) is 50.7 Å². The van der Waals surface area contributed by atoms with Gasteiger partial charge in [-0.05, 0) is 38.8 Å². The Hall–Kier alpha value is -3.21. The van der Waals surface area contributed by atoms with Crippen LogP contribution in [0.1, 0.15) is 51.6 Å². The summed E-state index contributed by atoms with van der Waals surface area (Å²) in [5, 5.41) is 8.33. The summed E-state index contributed by atoms with van der Waals surface area (Å²) in [6.07, 6.45) is 5.68. The van der Waals surface area contributed by atoms with Crippen molar-refractivity contribution in [2.24, 2.45) is 0 Å². The Balaban J connectivity index is 1.61. The molecule has 186 valence electrons. The van der Waals surface area contributed by atoms with Crippen LogP contribution in [-0.2, 0) is 17.1 Å². The lowest BCUT2D eigenvalue weighted by Crippen LogP contribution is -2.35. The molecule has 35 heavy (non-hydrogen) atoms. The SMILES string of the molecule is CCc1cc(-n2nc(N3CCC(N4CCCC4)C3)c3cnc(NC(C)=O)cc32)nc(C(C)(F)F)n1. The fourth-order valence-corrected chi connectivity index (χ4v) is 4.96. The van der Waals surface area contributed by atoms with Crippen molar-refractivity contribution in [2.75, 3.05) is 36.4 Å². The van der Waals surface area contributed by atoms with E-state index < -0.39 is 11.7 Å². The molecule has 5 heterocycles. The van der Waals surface area contributed by atoms with Crippen molar-refractivity contribution in [3.8, 4) is 5.82 Å². The number of hydrogen-bond donors (Lipinski definition) is 1. The summed E-state index contributed by atoms with van der Waals surface area (Å²) in [6.45, 7) is 8.02. The fourth-order valence-electron chi connectivity index (χ4n) is 4.96. The molecular weight excluding hydrogens is 454 g/mol. The Morgan fingerprint density at radius 1 is 1.20 bits per heavy atom. The van der Waals surface area contributed by atoms with Gasteiger partial charge in [-0.15, -0.1) is 5.10 Å². The molecule has 2 aliphatic heterocycles. The molecule has 0 aliphatic carbocycles. The second-order valence-corrected chi connectivity index (χ2v) is 9.42. The van der Waals surface area contributed by atoms with Crippen LogP contribution in [0.2, 0.25) is 0 Å². The Kier molecular flexibility index (Phi) is 6.12. The Morgan fingerprint density at radius 2 is 1.97 bits per heavy atom. The highest BCUT2D eigenvalue weighted by Crippen LogP contribution is 2.33. The molecule has 2 aliphatic rings. The minimum atomic E-state index is -3.19. The monoisotopic (exact) mass is 484 g/mol. The highest BCUT2D eigenvalue weighted by molar-refractivity contribution is 5.95. The van der Waals surface area contributed by atoms with Gasteiger partial charge in [-0.1, -0.05) is 6.92 Å². The Morgan fingerprint density at radius 3 is 2.66 bits per heavy atom. The van der Waals surface area contributed by atoms with E-state index in [2.05, 4.69) is 30.1 Å². The third kappa shape index (κ3) is 4.69. The lowest BCUT2D eigenvalue weighted by Gasteiger charge is -2.23. The van der Waals surface area contributed by atoms with Crippen LogP contribution in [0.15, 0.2) is 18.3 Å². The number of fused-ring (bicyclic) bond motifs is 1. The number of rotatable bonds is 6. The van der Waals surface area contributed by atoms with E-state index in [1.165, 1.54) is 19.8 Å². The second-order valence-electron chi connectivity index (χ2n) is 9.42. The first-order valence-corrected chi connectivity index (χ1v) is 12.1. The van der Waals surface area contributed by atoms with Gasteiger partial charge in [0.25, 0.3) is 0 Å². The van der Waals surface area contributed by atoms with E-state index >= 15 is 0 Å². The van der Waals surface area contributed by atoms with Gasteiger partial charge in [0.2, 0.25) is 11.7 Å². The first kappa shape index (κ1) is 23.5. The molecule has 1 amide bonds. The molecule has 2 fully saturated rings. The average Bonchev–Trinajstić information content (AvgIpc) is 3.56. The summed E-state index contributed by atoms with van der Waals surface area (Å²) < 4.78 is 30.0. The number of carbonyl (C=O) groups is 1. The first-order chi connectivity index (χ1) is 16.7. The molecule has 0 aromatic carbocycles. The predicted molar refractivity (Wildman–Crippen MR) is 129 cm³/mol. The molecule has 3 aromatic heterocycles. The van der Waals surface area contributed by atoms with Crippen molar-refractivity contribution in [2.45, 2.75) is 58.4 Å². The van der Waals surface area contributed by atoms with Gasteiger partial charge in [0.05, 0.1) is 10.9 Å². The standard InChI is InChI=1S/C24H30F2N8O/c1-4-16-11-21(30-23(29-16)24(3,25)26)34-19-12-20(28-15(2)35)27-13-18(19)22(31-34)33-10-7-17(14-33)32-8-5-6-9-32/h11-13,17H,4-10,14H2,1-3H3,(H,27,28,35). The smallest absolute Gasteiger partial charge is 0.303 e. The van der Waals surface area contributed by atoms with E-state index in [1.807, 2.05) is 6.92 Å². The number of likely N-dealkylation sites (tertiary alicyclic amines) is 1. The van der Waals surface area contributed by atoms with Crippen LogP contribution in [0.5, 0.6) is 0 Å². The summed E-state index contributed by atoms with van der Waals surface area (Å²) in [4.78, 5) is 29.0. The van der Waals surface area contributed by atoms with E-state index in [-0.39, 0.29) is 11.7 Å². The van der Waals surface area contributed by atoms with Crippen molar-refractivity contribution >= 4 is 28.4 Å². The summed E-state index contributed by atoms with van der Waals surface area (Å²) in [5.74, 6) is -2.61. The average molecular weight is 485 g/mol. The lowest BCUT2D eigenvalue weighted by molar-refractivity contribution is -0.114. The van der Waals surface area contributed by atoms with Crippen molar-refractivity contribution in [1.29, 1.82) is 0 Å². The summed E-state index contributed by atoms with van der Waals surface area (Å²) >= 11 is 0. The van der Waals surface area contributed by atoms with Crippen LogP contribution >= 0.6 is 0 Å². The molecule has 0 radical (unpaired) electrons. The molecule has 3 aromatic rings. The maximum Gasteiger partial charge on any atom is 0.303 e. The molecule has 1 N–H and O–H groups in total. The Labute approximate surface area is 202 Å². The van der Waals surface area contributed by atoms with Gasteiger partial charge < -0.3 is 10.2 Å². The number of aryl methyl sites for hydroxylation is 1. The van der Waals surface area contributed by atoms with Gasteiger partial charge in [0, 0.05) is 57.0 Å². The third-order valence-electron chi connectivity index (χ3n) is 6.71. The minimum absolute atomic E-state index is 0.251. The molecule has 11 heteroatoms. The minimum Gasteiger partial charge on any atom is -0.353 e. The van der Waals surface area contributed by atoms with Gasteiger partial charge in [0.15, 0.2) is 11.6 Å². The van der Waals surface area contributed by atoms with Gasteiger partial charge >= 0.3 is 5.92 Å². The molecule has 5 rings (SSSR count). The molecule has 2 saturated heterocycles. The number of pyridine rings is 1. The lowest BCUT2D eigenvalue weighted by atomic mass is 10.2. The van der Waals surface area contributed by atoms with Crippen molar-refractivity contribution in [1.82, 2.24) is 29.6 Å². The number of anilines is 2. The fraction of sp³-hybridized carbons (Fsp3) is 0.542. The number of alkyl halides is 2. The first-order valence-electron chi connectivity index (χ1n) is 12.1. The molecule has 0 bridgehead atoms. The van der Waals surface area contributed by atoms with E-state index in [0.29, 0.717) is 29.5 Å². The van der Waals surface area contributed by atoms with Crippen LogP contribution in [0.3, 0.4) is 0 Å². The molecule has 1 atom stereocenters. The van der Waals surface area contributed by atoms with Crippen LogP contribution in [0.4, 0.5) is 20.4 Å². The number of aromatic nitrogens is 5. The predicted octanol–water partition coefficient (Wildman–Crippen LogP) is 3.52. The maximum absolute atomic E-state index is 14.2. The van der Waals surface area contributed by atoms with Gasteiger partial charge in [-0.25, -0.2) is 19.6 Å². The van der Waals surface area contributed by atoms with Gasteiger partial charge in [0.1, 0.15) is 5.82 Å². The van der Waals surface area contributed by atoms with Gasteiger partial charge in [-0.3, -0.25) is 9.69 Å². The number of carbonyl (C=O) groups excluding carboxylic acids is 1. The van der Waals surface area contributed by atoms with Crippen LogP contribution < -0.4 is 10.2 Å². The van der Waals surface area contributed by atoms with Gasteiger partial charge in [-0.2, -0.15) is 8.78 Å². The summed E-state index contributed by atoms with van der Waals surface area (Å²) in [5.41, 5.74) is 1.14. The highest BCUT2D eigenvalue weighted by Gasteiger charge is 2.33. The number of amides is 1. The third-order valence-corrected chi connectivity index (χ3v) is 6.71. The van der Waals surface area contributed by atoms with Crippen molar-refractivity contribution in [3.63, 3.8) is 0 Å². The molecule has 0 spiro atoms. The second kappa shape index (κ2) is 9.10.